The molecule has 3 amide bonds. The molecule has 1 aliphatic heterocycles. The smallest absolute Gasteiger partial charge is 0.346 e. The van der Waals surface area contributed by atoms with Crippen molar-refractivity contribution in [1.29, 1.82) is 0 Å². The Morgan fingerprint density at radius 3 is 2.20 bits per heavy atom. The zero-order valence-corrected chi connectivity index (χ0v) is 24.0. The predicted molar refractivity (Wildman–Crippen MR) is 146 cm³/mol. The SMILES string of the molecule is CC(=O)N[C@H]1C([C@H](O)[C@H](O)CO)O[C@@](SCC(=O)NCCOCCOCCNC(=O)CCCS)(C(=O)O)C[C@H]1O. The zero-order valence-electron chi connectivity index (χ0n) is 22.3. The van der Waals surface area contributed by atoms with Gasteiger partial charge in [-0.3, -0.25) is 14.4 Å². The van der Waals surface area contributed by atoms with Gasteiger partial charge in [0.1, 0.15) is 18.3 Å². The van der Waals surface area contributed by atoms with E-state index in [1.165, 1.54) is 0 Å². The Balaban J connectivity index is 2.46. The highest BCUT2D eigenvalue weighted by atomic mass is 32.2. The van der Waals surface area contributed by atoms with Gasteiger partial charge in [-0.25, -0.2) is 4.79 Å². The monoisotopic (exact) mass is 615 g/mol. The molecular weight excluding hydrogens is 574 g/mol. The number of ether oxygens (including phenoxy) is 3. The van der Waals surface area contributed by atoms with Crippen molar-refractivity contribution < 1.29 is 58.9 Å². The third-order valence-corrected chi connectivity index (χ3v) is 7.32. The van der Waals surface area contributed by atoms with Crippen LogP contribution in [0.25, 0.3) is 0 Å². The van der Waals surface area contributed by atoms with Crippen LogP contribution in [-0.4, -0.2) is 142 Å². The quantitative estimate of drug-likeness (QED) is 0.0487. The van der Waals surface area contributed by atoms with Crippen LogP contribution in [0, 0.1) is 0 Å². The Kier molecular flexibility index (Phi) is 17.6. The first kappa shape index (κ1) is 36.3. The Morgan fingerprint density at radius 2 is 1.68 bits per heavy atom. The maximum Gasteiger partial charge on any atom is 0.346 e. The first-order valence-corrected chi connectivity index (χ1v) is 14.4. The maximum atomic E-state index is 12.3. The summed E-state index contributed by atoms with van der Waals surface area (Å²) in [6.45, 7) is 1.79. The van der Waals surface area contributed by atoms with E-state index in [0.29, 0.717) is 43.5 Å². The van der Waals surface area contributed by atoms with Crippen LogP contribution in [0.5, 0.6) is 0 Å². The number of nitrogens with one attached hydrogen (secondary N) is 3. The molecule has 17 heteroatoms. The highest BCUT2D eigenvalue weighted by molar-refractivity contribution is 8.01. The fourth-order valence-electron chi connectivity index (χ4n) is 3.69. The van der Waals surface area contributed by atoms with Gasteiger partial charge in [0.05, 0.1) is 50.9 Å². The van der Waals surface area contributed by atoms with Crippen LogP contribution < -0.4 is 16.0 Å². The van der Waals surface area contributed by atoms with Crippen molar-refractivity contribution in [1.82, 2.24) is 16.0 Å². The number of carbonyl (C=O) groups excluding carboxylic acids is 3. The Morgan fingerprint density at radius 1 is 1.07 bits per heavy atom. The minimum absolute atomic E-state index is 0.0598. The van der Waals surface area contributed by atoms with Gasteiger partial charge in [0.25, 0.3) is 0 Å². The molecule has 0 aliphatic carbocycles. The molecule has 1 heterocycles. The lowest BCUT2D eigenvalue weighted by molar-refractivity contribution is -0.205. The topological polar surface area (TPSA) is 233 Å². The summed E-state index contributed by atoms with van der Waals surface area (Å²) in [7, 11) is 0. The van der Waals surface area contributed by atoms with Crippen molar-refractivity contribution in [3.63, 3.8) is 0 Å². The Labute approximate surface area is 242 Å². The number of thiol groups is 1. The molecule has 40 heavy (non-hydrogen) atoms. The molecule has 232 valence electrons. The molecule has 0 bridgehead atoms. The third-order valence-electron chi connectivity index (χ3n) is 5.69. The summed E-state index contributed by atoms with van der Waals surface area (Å²) in [5.41, 5.74) is 0. The number of aliphatic carboxylic acids is 1. The molecule has 0 spiro atoms. The average Bonchev–Trinajstić information content (AvgIpc) is 2.91. The van der Waals surface area contributed by atoms with Gasteiger partial charge >= 0.3 is 5.97 Å². The maximum absolute atomic E-state index is 12.3. The Hall–Kier alpha value is -1.70. The van der Waals surface area contributed by atoms with Gasteiger partial charge in [-0.05, 0) is 12.2 Å². The van der Waals surface area contributed by atoms with Crippen LogP contribution in [0.3, 0.4) is 0 Å². The fraction of sp³-hybridized carbons (Fsp3) is 0.826. The fourth-order valence-corrected chi connectivity index (χ4v) is 4.90. The number of thioether (sulfide) groups is 1. The molecule has 0 saturated carbocycles. The van der Waals surface area contributed by atoms with E-state index in [2.05, 4.69) is 28.6 Å². The summed E-state index contributed by atoms with van der Waals surface area (Å²) in [6.07, 6.45) is -6.13. The number of rotatable bonds is 20. The molecule has 0 radical (unpaired) electrons. The predicted octanol–water partition coefficient (Wildman–Crippen LogP) is -3.16. The van der Waals surface area contributed by atoms with Gasteiger partial charge in [0.2, 0.25) is 22.7 Å². The van der Waals surface area contributed by atoms with Crippen LogP contribution in [0.4, 0.5) is 0 Å². The largest absolute Gasteiger partial charge is 0.478 e. The second-order valence-corrected chi connectivity index (χ2v) is 10.6. The van der Waals surface area contributed by atoms with E-state index in [1.54, 1.807) is 0 Å². The molecule has 1 unspecified atom stereocenters. The van der Waals surface area contributed by atoms with Gasteiger partial charge in [-0.2, -0.15) is 12.6 Å². The van der Waals surface area contributed by atoms with E-state index in [1.807, 2.05) is 0 Å². The van der Waals surface area contributed by atoms with Crippen LogP contribution in [0.15, 0.2) is 0 Å². The van der Waals surface area contributed by atoms with Crippen LogP contribution in [-0.2, 0) is 33.4 Å². The molecule has 6 atom stereocenters. The number of carbonyl (C=O) groups is 4. The summed E-state index contributed by atoms with van der Waals surface area (Å²) in [4.78, 5) is 45.3. The van der Waals surface area contributed by atoms with E-state index >= 15 is 0 Å². The molecular formula is C23H41N3O12S2. The van der Waals surface area contributed by atoms with Gasteiger partial charge in [0.15, 0.2) is 0 Å². The van der Waals surface area contributed by atoms with Crippen molar-refractivity contribution in [2.45, 2.75) is 61.6 Å². The van der Waals surface area contributed by atoms with E-state index in [4.69, 9.17) is 14.2 Å². The van der Waals surface area contributed by atoms with Crippen molar-refractivity contribution in [3.05, 3.63) is 0 Å². The third kappa shape index (κ3) is 12.9. The van der Waals surface area contributed by atoms with Crippen molar-refractivity contribution in [2.75, 3.05) is 57.6 Å². The summed E-state index contributed by atoms with van der Waals surface area (Å²) >= 11 is 4.60. The van der Waals surface area contributed by atoms with E-state index in [0.717, 1.165) is 6.92 Å². The second-order valence-electron chi connectivity index (χ2n) is 8.92. The molecule has 0 aromatic carbocycles. The van der Waals surface area contributed by atoms with Gasteiger partial charge in [0, 0.05) is 32.9 Å². The lowest BCUT2D eigenvalue weighted by Gasteiger charge is -2.46. The van der Waals surface area contributed by atoms with Crippen LogP contribution >= 0.6 is 24.4 Å². The molecule has 15 nitrogen and oxygen atoms in total. The minimum Gasteiger partial charge on any atom is -0.478 e. The molecule has 0 aromatic heterocycles. The van der Waals surface area contributed by atoms with Gasteiger partial charge in [-0.1, -0.05) is 0 Å². The number of hydrogen-bond acceptors (Lipinski definition) is 13. The van der Waals surface area contributed by atoms with Gasteiger partial charge in [-0.15, -0.1) is 11.8 Å². The molecule has 1 rings (SSSR count). The highest BCUT2D eigenvalue weighted by Gasteiger charge is 2.55. The van der Waals surface area contributed by atoms with Crippen molar-refractivity contribution >= 4 is 48.1 Å². The normalized spacial score (nSPS) is 24.1. The van der Waals surface area contributed by atoms with E-state index < -0.39 is 72.0 Å². The van der Waals surface area contributed by atoms with Crippen LogP contribution in [0.2, 0.25) is 0 Å². The average molecular weight is 616 g/mol. The molecule has 0 aromatic rings. The molecule has 1 aliphatic rings. The van der Waals surface area contributed by atoms with E-state index in [9.17, 15) is 44.7 Å². The molecule has 1 fully saturated rings. The number of amides is 3. The molecule has 8 N–H and O–H groups in total. The molecule has 1 saturated heterocycles. The zero-order chi connectivity index (χ0) is 30.1. The van der Waals surface area contributed by atoms with E-state index in [-0.39, 0.29) is 32.3 Å². The lowest BCUT2D eigenvalue weighted by Crippen LogP contribution is -2.66. The summed E-state index contributed by atoms with van der Waals surface area (Å²) in [5.74, 6) is -2.49. The number of carboxylic acid groups (broad SMARTS) is 1. The van der Waals surface area contributed by atoms with Gasteiger partial charge < -0.3 is 55.7 Å². The standard InChI is InChI=1S/C23H41N3O12S2/c1-14(28)26-19-15(29)11-23(22(34)35,38-21(19)20(33)16(30)12-27)40-13-18(32)25-5-7-37-9-8-36-6-4-24-17(31)3-2-10-39/h15-16,19-21,27,29-30,33,39H,2-13H2,1H3,(H,24,31)(H,25,32)(H,26,28)(H,34,35)/t15-,16-,19-,20-,21?,23+/m1/s1. The number of aliphatic hydroxyl groups excluding tert-OH is 4. The first-order valence-electron chi connectivity index (χ1n) is 12.7. The summed E-state index contributed by atoms with van der Waals surface area (Å²) in [5, 5.41) is 57.6. The second kappa shape index (κ2) is 19.4. The lowest BCUT2D eigenvalue weighted by atomic mass is 9.90. The summed E-state index contributed by atoms with van der Waals surface area (Å²) < 4.78 is 16.3. The minimum atomic E-state index is -2.19. The Bertz CT molecular complexity index is 811. The van der Waals surface area contributed by atoms with Crippen molar-refractivity contribution in [2.24, 2.45) is 0 Å². The number of hydrogen-bond donors (Lipinski definition) is 9. The number of aliphatic hydroxyl groups is 4. The van der Waals surface area contributed by atoms with Crippen molar-refractivity contribution in [3.8, 4) is 0 Å². The first-order chi connectivity index (χ1) is 19.0. The summed E-state index contributed by atoms with van der Waals surface area (Å²) in [6, 6.07) is -1.28. The number of carboxylic acids is 1. The van der Waals surface area contributed by atoms with Crippen LogP contribution in [0.1, 0.15) is 26.2 Å². The highest BCUT2D eigenvalue weighted by Crippen LogP contribution is 2.40.